The molecule has 0 aliphatic heterocycles. The van der Waals surface area contributed by atoms with Crippen molar-refractivity contribution in [1.82, 2.24) is 0 Å². The lowest BCUT2D eigenvalue weighted by Gasteiger charge is -2.24. The predicted molar refractivity (Wildman–Crippen MR) is 114 cm³/mol. The Labute approximate surface area is 158 Å². The van der Waals surface area contributed by atoms with Crippen molar-refractivity contribution >= 4 is 40.2 Å². The van der Waals surface area contributed by atoms with E-state index in [0.29, 0.717) is 5.46 Å². The predicted octanol–water partition coefficient (Wildman–Crippen LogP) is 4.30. The third-order valence-electron chi connectivity index (χ3n) is 5.57. The fourth-order valence-electron chi connectivity index (χ4n) is 4.45. The molecule has 0 saturated heterocycles. The van der Waals surface area contributed by atoms with Crippen LogP contribution in [0, 0.1) is 0 Å². The summed E-state index contributed by atoms with van der Waals surface area (Å²) in [6.45, 7) is 0. The molecule has 5 rings (SSSR count). The Morgan fingerprint density at radius 1 is 0.741 bits per heavy atom. The molecule has 1 aliphatic carbocycles. The summed E-state index contributed by atoms with van der Waals surface area (Å²) >= 11 is 0. The van der Waals surface area contributed by atoms with Crippen molar-refractivity contribution in [3.63, 3.8) is 0 Å². The second-order valence-electron chi connectivity index (χ2n) is 7.07. The first kappa shape index (κ1) is 16.3. The fraction of sp³-hybridized carbons (Fsp3) is 0.0833. The fourth-order valence-corrected chi connectivity index (χ4v) is 4.45. The van der Waals surface area contributed by atoms with E-state index in [-0.39, 0.29) is 0 Å². The number of rotatable bonds is 2. The highest BCUT2D eigenvalue weighted by Crippen LogP contribution is 2.39. The summed E-state index contributed by atoms with van der Waals surface area (Å²) in [5, 5.41) is 24.7. The highest BCUT2D eigenvalue weighted by Gasteiger charge is 2.26. The van der Waals surface area contributed by atoms with E-state index in [1.54, 1.807) is 0 Å². The van der Waals surface area contributed by atoms with Gasteiger partial charge in [0.25, 0.3) is 0 Å². The van der Waals surface area contributed by atoms with Crippen LogP contribution in [-0.4, -0.2) is 17.2 Å². The molecule has 3 heteroatoms. The Kier molecular flexibility index (Phi) is 3.85. The topological polar surface area (TPSA) is 40.5 Å². The molecule has 0 heterocycles. The minimum absolute atomic E-state index is 0.612. The normalized spacial score (nSPS) is 13.1. The minimum Gasteiger partial charge on any atom is -0.423 e. The van der Waals surface area contributed by atoms with E-state index in [1.165, 1.54) is 27.5 Å². The van der Waals surface area contributed by atoms with Gasteiger partial charge in [-0.15, -0.1) is 0 Å². The molecule has 1 aliphatic rings. The van der Waals surface area contributed by atoms with Crippen molar-refractivity contribution in [2.75, 3.05) is 0 Å². The van der Waals surface area contributed by atoms with Crippen LogP contribution in [0.2, 0.25) is 0 Å². The van der Waals surface area contributed by atoms with E-state index >= 15 is 0 Å². The molecule has 0 unspecified atom stereocenters. The van der Waals surface area contributed by atoms with Crippen molar-refractivity contribution in [2.45, 2.75) is 12.8 Å². The monoisotopic (exact) mass is 350 g/mol. The first-order chi connectivity index (χ1) is 13.3. The van der Waals surface area contributed by atoms with Gasteiger partial charge in [0, 0.05) is 0 Å². The van der Waals surface area contributed by atoms with Crippen LogP contribution in [0.25, 0.3) is 38.7 Å². The molecule has 0 aromatic heterocycles. The standard InChI is InChI=1S/C24H19BO2/c26-25(27)24-21-13-5-3-11-19(21)23(20-12-4-6-14-22(20)24)18-15-7-9-16-8-1-2-10-17(16)18/h1-3,5-11,13-15,26-27H,4,12H2. The summed E-state index contributed by atoms with van der Waals surface area (Å²) in [6, 6.07) is 22.9. The van der Waals surface area contributed by atoms with E-state index in [9.17, 15) is 10.0 Å². The number of allylic oxidation sites excluding steroid dienone is 1. The van der Waals surface area contributed by atoms with Gasteiger partial charge in [0.05, 0.1) is 0 Å². The Bertz CT molecular complexity index is 1200. The molecule has 0 fully saturated rings. The first-order valence-electron chi connectivity index (χ1n) is 9.34. The molecule has 27 heavy (non-hydrogen) atoms. The number of hydrogen-bond acceptors (Lipinski definition) is 2. The van der Waals surface area contributed by atoms with E-state index in [2.05, 4.69) is 60.7 Å². The van der Waals surface area contributed by atoms with Crippen LogP contribution >= 0.6 is 0 Å². The highest BCUT2D eigenvalue weighted by atomic mass is 16.4. The van der Waals surface area contributed by atoms with Crippen LogP contribution in [0.15, 0.2) is 72.8 Å². The lowest BCUT2D eigenvalue weighted by Crippen LogP contribution is -2.34. The molecule has 130 valence electrons. The molecule has 0 amide bonds. The number of fused-ring (bicyclic) bond motifs is 3. The van der Waals surface area contributed by atoms with Gasteiger partial charge in [0.2, 0.25) is 0 Å². The second-order valence-corrected chi connectivity index (χ2v) is 7.07. The molecule has 0 radical (unpaired) electrons. The molecule has 4 aromatic carbocycles. The first-order valence-corrected chi connectivity index (χ1v) is 9.34. The molecule has 2 nitrogen and oxygen atoms in total. The molecule has 4 aromatic rings. The Balaban J connectivity index is 1.99. The molecular weight excluding hydrogens is 331 g/mol. The second kappa shape index (κ2) is 6.38. The van der Waals surface area contributed by atoms with Gasteiger partial charge in [-0.25, -0.2) is 0 Å². The molecule has 0 saturated carbocycles. The Morgan fingerprint density at radius 2 is 1.44 bits per heavy atom. The summed E-state index contributed by atoms with van der Waals surface area (Å²) in [7, 11) is -1.49. The summed E-state index contributed by atoms with van der Waals surface area (Å²) in [5.41, 5.74) is 5.19. The smallest absolute Gasteiger partial charge is 0.423 e. The molecular formula is C24H19BO2. The molecule has 2 N–H and O–H groups in total. The van der Waals surface area contributed by atoms with Gasteiger partial charge in [-0.1, -0.05) is 78.9 Å². The summed E-state index contributed by atoms with van der Waals surface area (Å²) in [5.74, 6) is 0. The maximum atomic E-state index is 10.1. The van der Waals surface area contributed by atoms with Crippen molar-refractivity contribution in [3.8, 4) is 11.1 Å². The summed E-state index contributed by atoms with van der Waals surface area (Å²) in [4.78, 5) is 0. The van der Waals surface area contributed by atoms with Crippen LogP contribution in [0.5, 0.6) is 0 Å². The van der Waals surface area contributed by atoms with E-state index in [0.717, 1.165) is 29.2 Å². The zero-order valence-electron chi connectivity index (χ0n) is 14.9. The third-order valence-corrected chi connectivity index (χ3v) is 5.57. The Hall–Kier alpha value is -2.88. The van der Waals surface area contributed by atoms with Gasteiger partial charge >= 0.3 is 7.12 Å². The van der Waals surface area contributed by atoms with E-state index in [4.69, 9.17) is 0 Å². The molecule has 0 atom stereocenters. The van der Waals surface area contributed by atoms with Gasteiger partial charge in [-0.05, 0) is 62.1 Å². The zero-order valence-corrected chi connectivity index (χ0v) is 14.9. The lowest BCUT2D eigenvalue weighted by molar-refractivity contribution is 0.426. The SMILES string of the molecule is OB(O)c1c2c(c(-c3cccc4ccccc34)c3ccccc13)CCC=C2. The van der Waals surface area contributed by atoms with Gasteiger partial charge in [-0.2, -0.15) is 0 Å². The van der Waals surface area contributed by atoms with Gasteiger partial charge in [0.15, 0.2) is 0 Å². The third kappa shape index (κ3) is 2.51. The average Bonchev–Trinajstić information content (AvgIpc) is 2.71. The summed E-state index contributed by atoms with van der Waals surface area (Å²) < 4.78 is 0. The van der Waals surface area contributed by atoms with Crippen molar-refractivity contribution in [3.05, 3.63) is 83.9 Å². The molecule has 0 bridgehead atoms. The lowest BCUT2D eigenvalue weighted by atomic mass is 9.69. The quantitative estimate of drug-likeness (QED) is 0.529. The Morgan fingerprint density at radius 3 is 2.26 bits per heavy atom. The zero-order chi connectivity index (χ0) is 18.4. The highest BCUT2D eigenvalue weighted by molar-refractivity contribution is 6.63. The van der Waals surface area contributed by atoms with E-state index in [1.807, 2.05) is 18.2 Å². The maximum Gasteiger partial charge on any atom is 0.489 e. The molecule has 0 spiro atoms. The van der Waals surface area contributed by atoms with Crippen molar-refractivity contribution < 1.29 is 10.0 Å². The largest absolute Gasteiger partial charge is 0.489 e. The van der Waals surface area contributed by atoms with Crippen LogP contribution in [0.4, 0.5) is 0 Å². The van der Waals surface area contributed by atoms with Crippen LogP contribution in [0.3, 0.4) is 0 Å². The van der Waals surface area contributed by atoms with Crippen LogP contribution in [0.1, 0.15) is 17.5 Å². The maximum absolute atomic E-state index is 10.1. The van der Waals surface area contributed by atoms with Gasteiger partial charge in [-0.3, -0.25) is 0 Å². The summed E-state index contributed by atoms with van der Waals surface area (Å²) in [6.07, 6.45) is 6.03. The van der Waals surface area contributed by atoms with Crippen molar-refractivity contribution in [1.29, 1.82) is 0 Å². The van der Waals surface area contributed by atoms with Crippen LogP contribution < -0.4 is 5.46 Å². The average molecular weight is 350 g/mol. The number of benzene rings is 4. The minimum atomic E-state index is -1.49. The van der Waals surface area contributed by atoms with Crippen molar-refractivity contribution in [2.24, 2.45) is 0 Å². The van der Waals surface area contributed by atoms with Crippen LogP contribution in [-0.2, 0) is 6.42 Å². The van der Waals surface area contributed by atoms with E-state index < -0.39 is 7.12 Å². The van der Waals surface area contributed by atoms with Gasteiger partial charge < -0.3 is 10.0 Å². The van der Waals surface area contributed by atoms with Gasteiger partial charge in [0.1, 0.15) is 0 Å². The number of hydrogen-bond donors (Lipinski definition) is 2.